The first-order valence-electron chi connectivity index (χ1n) is 16.4. The van der Waals surface area contributed by atoms with Crippen LogP contribution in [0.1, 0.15) is 112 Å². The molecule has 0 saturated heterocycles. The van der Waals surface area contributed by atoms with Gasteiger partial charge in [-0.2, -0.15) is 0 Å². The number of rotatable bonds is 10. The quantitative estimate of drug-likeness (QED) is 0.229. The lowest BCUT2D eigenvalue weighted by Gasteiger charge is -2.58. The van der Waals surface area contributed by atoms with Gasteiger partial charge in [0, 0.05) is 6.42 Å². The largest absolute Gasteiger partial charge is 0.446 e. The summed E-state index contributed by atoms with van der Waals surface area (Å²) in [6, 6.07) is 0. The van der Waals surface area contributed by atoms with Crippen molar-refractivity contribution in [3.8, 4) is 0 Å². The molecule has 0 aromatic rings. The molecule has 3 fully saturated rings. The van der Waals surface area contributed by atoms with Gasteiger partial charge in [-0.05, 0) is 98.2 Å². The van der Waals surface area contributed by atoms with Gasteiger partial charge in [0.05, 0.1) is 33.7 Å². The highest BCUT2D eigenvalue weighted by atomic mass is 16.6. The Bertz CT molecular complexity index is 849. The normalized spacial score (nSPS) is 37.6. The number of amides is 1. The number of hydrogen-bond donors (Lipinski definition) is 1. The zero-order valence-corrected chi connectivity index (χ0v) is 26.3. The van der Waals surface area contributed by atoms with Crippen LogP contribution >= 0.6 is 0 Å². The molecule has 4 nitrogen and oxygen atoms in total. The molecule has 0 aromatic carbocycles. The predicted octanol–water partition coefficient (Wildman–Crippen LogP) is 8.22. The first kappa shape index (κ1) is 29.9. The highest BCUT2D eigenvalue weighted by molar-refractivity contribution is 5.67. The van der Waals surface area contributed by atoms with Gasteiger partial charge in [-0.15, -0.1) is 0 Å². The smallest absolute Gasteiger partial charge is 0.407 e. The molecule has 0 heterocycles. The lowest BCUT2D eigenvalue weighted by molar-refractivity contribution is -0.887. The van der Waals surface area contributed by atoms with E-state index in [1.165, 1.54) is 57.8 Å². The van der Waals surface area contributed by atoms with E-state index < -0.39 is 0 Å². The monoisotopic (exact) mass is 529 g/mol. The van der Waals surface area contributed by atoms with Crippen LogP contribution in [0.25, 0.3) is 0 Å². The average molecular weight is 530 g/mol. The summed E-state index contributed by atoms with van der Waals surface area (Å²) >= 11 is 0. The van der Waals surface area contributed by atoms with Crippen molar-refractivity contribution >= 4 is 6.09 Å². The Hall–Kier alpha value is -1.03. The fraction of sp³-hybridized carbons (Fsp3) is 0.912. The number of allylic oxidation sites excluding steroid dienone is 1. The fourth-order valence-electron chi connectivity index (χ4n) is 9.56. The summed E-state index contributed by atoms with van der Waals surface area (Å²) in [5, 5.41) is 3.01. The number of likely N-dealkylation sites (N-methyl/N-ethyl adjacent to an activating group) is 1. The second kappa shape index (κ2) is 11.8. The van der Waals surface area contributed by atoms with Crippen LogP contribution in [0.4, 0.5) is 4.79 Å². The minimum atomic E-state index is -0.225. The molecule has 0 radical (unpaired) electrons. The van der Waals surface area contributed by atoms with Crippen molar-refractivity contribution in [1.29, 1.82) is 0 Å². The van der Waals surface area contributed by atoms with E-state index in [1.807, 2.05) is 0 Å². The van der Waals surface area contributed by atoms with E-state index in [2.05, 4.69) is 67.0 Å². The van der Waals surface area contributed by atoms with Crippen molar-refractivity contribution in [2.75, 3.05) is 33.7 Å². The van der Waals surface area contributed by atoms with Crippen molar-refractivity contribution in [2.24, 2.45) is 46.3 Å². The predicted molar refractivity (Wildman–Crippen MR) is 159 cm³/mol. The van der Waals surface area contributed by atoms with Gasteiger partial charge < -0.3 is 14.5 Å². The molecule has 0 aromatic heterocycles. The van der Waals surface area contributed by atoms with Crippen LogP contribution in [0.3, 0.4) is 0 Å². The van der Waals surface area contributed by atoms with Gasteiger partial charge in [-0.1, -0.05) is 65.5 Å². The van der Waals surface area contributed by atoms with Gasteiger partial charge in [0.25, 0.3) is 0 Å². The summed E-state index contributed by atoms with van der Waals surface area (Å²) in [5.74, 6) is 5.20. The van der Waals surface area contributed by atoms with E-state index in [4.69, 9.17) is 4.74 Å². The Labute approximate surface area is 235 Å². The molecule has 0 aliphatic heterocycles. The Kier molecular flexibility index (Phi) is 9.32. The SMILES string of the molecule is CC[N+](C)(C)CCNC(=O)OC1CC[C@@]2(C)C(=CC[C@H]3[C@@H]4CC[C@H]([C@H](C)CCCC(C)C)[C@@]4(C)CC[C@@H]32)C1. The lowest BCUT2D eigenvalue weighted by Crippen LogP contribution is -2.51. The maximum Gasteiger partial charge on any atom is 0.407 e. The van der Waals surface area contributed by atoms with Crippen LogP contribution in [-0.2, 0) is 4.74 Å². The van der Waals surface area contributed by atoms with Gasteiger partial charge in [0.1, 0.15) is 6.10 Å². The van der Waals surface area contributed by atoms with Gasteiger partial charge in [0.2, 0.25) is 0 Å². The topological polar surface area (TPSA) is 38.3 Å². The van der Waals surface area contributed by atoms with Crippen molar-refractivity contribution in [1.82, 2.24) is 5.32 Å². The van der Waals surface area contributed by atoms with Gasteiger partial charge >= 0.3 is 6.09 Å². The van der Waals surface area contributed by atoms with Gasteiger partial charge in [-0.25, -0.2) is 4.79 Å². The van der Waals surface area contributed by atoms with E-state index in [-0.39, 0.29) is 12.2 Å². The molecule has 0 bridgehead atoms. The van der Waals surface area contributed by atoms with Crippen molar-refractivity contribution in [2.45, 2.75) is 118 Å². The van der Waals surface area contributed by atoms with Crippen LogP contribution in [-0.4, -0.2) is 50.4 Å². The summed E-state index contributed by atoms with van der Waals surface area (Å²) in [5.41, 5.74) is 2.46. The zero-order chi connectivity index (χ0) is 27.7. The molecule has 4 rings (SSSR count). The molecule has 4 aliphatic rings. The third-order valence-electron chi connectivity index (χ3n) is 12.4. The number of hydrogen-bond acceptors (Lipinski definition) is 2. The van der Waals surface area contributed by atoms with E-state index in [1.54, 1.807) is 5.57 Å². The molecule has 0 spiro atoms. The summed E-state index contributed by atoms with van der Waals surface area (Å²) in [6.45, 7) is 17.4. The number of nitrogens with one attached hydrogen (secondary N) is 1. The standard InChI is InChI=1S/C34H60N2O2/c1-9-36(7,8)22-21-35-32(37)38-27-17-19-33(5)26(23-27)13-14-28-30-16-15-29(25(4)12-10-11-24(2)3)34(30,6)20-18-31(28)33/h13,24-25,27-31H,9-12,14-23H2,1-8H3/p+1/t25-,27?,28+,29-,30+,31+,33+,34-/m1/s1. The van der Waals surface area contributed by atoms with Gasteiger partial charge in [0.15, 0.2) is 0 Å². The zero-order valence-electron chi connectivity index (χ0n) is 26.3. The Balaban J connectivity index is 1.35. The molecule has 4 aliphatic carbocycles. The maximum absolute atomic E-state index is 12.5. The Morgan fingerprint density at radius 3 is 2.55 bits per heavy atom. The maximum atomic E-state index is 12.5. The first-order chi connectivity index (χ1) is 17.9. The number of nitrogens with zero attached hydrogens (tertiary/aromatic N) is 1. The summed E-state index contributed by atoms with van der Waals surface area (Å²) in [7, 11) is 4.40. The molecular formula is C34H61N2O2+. The molecule has 3 saturated carbocycles. The minimum absolute atomic E-state index is 0.0379. The van der Waals surface area contributed by atoms with Crippen LogP contribution in [0, 0.1) is 46.3 Å². The van der Waals surface area contributed by atoms with Crippen LogP contribution in [0.2, 0.25) is 0 Å². The molecule has 1 unspecified atom stereocenters. The lowest BCUT2D eigenvalue weighted by atomic mass is 9.47. The average Bonchev–Trinajstić information content (AvgIpc) is 3.21. The first-order valence-corrected chi connectivity index (χ1v) is 16.4. The molecule has 1 amide bonds. The van der Waals surface area contributed by atoms with Gasteiger partial charge in [-0.3, -0.25) is 0 Å². The number of carbonyl (C=O) groups is 1. The summed E-state index contributed by atoms with van der Waals surface area (Å²) < 4.78 is 6.86. The van der Waals surface area contributed by atoms with Crippen LogP contribution in [0.15, 0.2) is 11.6 Å². The molecule has 1 N–H and O–H groups in total. The third kappa shape index (κ3) is 6.16. The van der Waals surface area contributed by atoms with E-state index >= 15 is 0 Å². The van der Waals surface area contributed by atoms with E-state index in [0.29, 0.717) is 17.4 Å². The number of ether oxygens (including phenoxy) is 1. The second-order valence-corrected chi connectivity index (χ2v) is 15.5. The fourth-order valence-corrected chi connectivity index (χ4v) is 9.56. The Morgan fingerprint density at radius 2 is 1.84 bits per heavy atom. The number of fused-ring (bicyclic) bond motifs is 5. The molecule has 8 atom stereocenters. The van der Waals surface area contributed by atoms with Crippen molar-refractivity contribution in [3.63, 3.8) is 0 Å². The second-order valence-electron chi connectivity index (χ2n) is 15.5. The minimum Gasteiger partial charge on any atom is -0.446 e. The van der Waals surface area contributed by atoms with Crippen LogP contribution in [0.5, 0.6) is 0 Å². The number of alkyl carbamates (subject to hydrolysis) is 1. The number of carbonyl (C=O) groups excluding carboxylic acids is 1. The summed E-state index contributed by atoms with van der Waals surface area (Å²) in [6.07, 6.45) is 16.8. The van der Waals surface area contributed by atoms with Crippen LogP contribution < -0.4 is 5.32 Å². The molecular weight excluding hydrogens is 468 g/mol. The Morgan fingerprint density at radius 1 is 1.08 bits per heavy atom. The molecule has 4 heteroatoms. The molecule has 218 valence electrons. The van der Waals surface area contributed by atoms with E-state index in [9.17, 15) is 4.79 Å². The number of quaternary nitrogens is 1. The molecule has 38 heavy (non-hydrogen) atoms. The third-order valence-corrected chi connectivity index (χ3v) is 12.4. The summed E-state index contributed by atoms with van der Waals surface area (Å²) in [4.78, 5) is 12.5. The van der Waals surface area contributed by atoms with Crippen molar-refractivity contribution in [3.05, 3.63) is 11.6 Å². The van der Waals surface area contributed by atoms with Crippen molar-refractivity contribution < 1.29 is 14.0 Å². The highest BCUT2D eigenvalue weighted by Crippen LogP contribution is 2.67. The highest BCUT2D eigenvalue weighted by Gasteiger charge is 2.59. The van der Waals surface area contributed by atoms with E-state index in [0.717, 1.165) is 65.9 Å².